The summed E-state index contributed by atoms with van der Waals surface area (Å²) in [6.45, 7) is 0. The van der Waals surface area contributed by atoms with Gasteiger partial charge in [-0.15, -0.1) is 0 Å². The van der Waals surface area contributed by atoms with Gasteiger partial charge in [-0.3, -0.25) is 0 Å². The smallest absolute Gasteiger partial charge is 0.137 e. The van der Waals surface area contributed by atoms with Crippen LogP contribution in [0.2, 0.25) is 0 Å². The number of nitrogens with zero attached hydrogens (tertiary/aromatic N) is 3. The van der Waals surface area contributed by atoms with Crippen LogP contribution in [-0.4, -0.2) is 8.80 Å². The largest absolute Gasteiger partial charge is 0.456 e. The van der Waals surface area contributed by atoms with Crippen molar-refractivity contribution in [2.24, 2.45) is 0 Å². The zero-order valence-electron chi connectivity index (χ0n) is 33.5. The first kappa shape index (κ1) is 33.5. The van der Waals surface area contributed by atoms with Crippen LogP contribution in [0.25, 0.3) is 110 Å². The summed E-state index contributed by atoms with van der Waals surface area (Å²) in [6.07, 6.45) is 0. The Morgan fingerprint density at radius 1 is 0.339 bits per heavy atom. The molecule has 0 radical (unpaired) electrons. The van der Waals surface area contributed by atoms with Crippen molar-refractivity contribution >= 4 is 104 Å². The Kier molecular flexibility index (Phi) is 6.80. The Balaban J connectivity index is 1.05. The van der Waals surface area contributed by atoms with E-state index in [0.29, 0.717) is 0 Å². The first-order chi connectivity index (χ1) is 30.8. The standard InChI is InChI=1S/C58H35N3O/c1-2-13-36(14-3-1)41-20-10-15-38-16-11-21-42(55(38)41)37-27-29-39(30-28-37)59(51-24-12-26-54-56(51)47-19-6-9-25-53(47)62-54)40-31-34-50-52(35-40)61-49-23-8-5-18-44(49)46-33-32-45-43-17-4-7-22-48(43)60(50)57(45)58(46)61/h1-35H. The maximum Gasteiger partial charge on any atom is 0.137 e. The zero-order chi connectivity index (χ0) is 40.5. The summed E-state index contributed by atoms with van der Waals surface area (Å²) in [5, 5.41) is 9.72. The third-order valence-electron chi connectivity index (χ3n) is 13.2. The molecule has 0 atom stereocenters. The number of benzene rings is 10. The molecule has 0 saturated carbocycles. The lowest BCUT2D eigenvalue weighted by Crippen LogP contribution is -2.11. The van der Waals surface area contributed by atoms with Crippen LogP contribution in [0.15, 0.2) is 217 Å². The van der Waals surface area contributed by atoms with Crippen LogP contribution in [0.1, 0.15) is 0 Å². The molecule has 0 amide bonds. The minimum absolute atomic E-state index is 0.862. The molecule has 14 rings (SSSR count). The van der Waals surface area contributed by atoms with Crippen LogP contribution in [0.4, 0.5) is 17.1 Å². The minimum Gasteiger partial charge on any atom is -0.456 e. The highest BCUT2D eigenvalue weighted by atomic mass is 16.3. The van der Waals surface area contributed by atoms with E-state index in [9.17, 15) is 0 Å². The van der Waals surface area contributed by atoms with Crippen molar-refractivity contribution in [3.63, 3.8) is 0 Å². The highest BCUT2D eigenvalue weighted by Gasteiger charge is 2.24. The van der Waals surface area contributed by atoms with Gasteiger partial charge in [-0.25, -0.2) is 0 Å². The zero-order valence-corrected chi connectivity index (χ0v) is 33.5. The molecule has 4 nitrogen and oxygen atoms in total. The van der Waals surface area contributed by atoms with E-state index in [1.807, 2.05) is 6.07 Å². The number of hydrogen-bond acceptors (Lipinski definition) is 2. The molecule has 0 aliphatic rings. The van der Waals surface area contributed by atoms with E-state index in [0.717, 1.165) is 50.0 Å². The van der Waals surface area contributed by atoms with Gasteiger partial charge in [-0.05, 0) is 93.7 Å². The van der Waals surface area contributed by atoms with Crippen molar-refractivity contribution in [1.29, 1.82) is 0 Å². The van der Waals surface area contributed by atoms with E-state index in [-0.39, 0.29) is 0 Å². The van der Waals surface area contributed by atoms with Crippen LogP contribution in [-0.2, 0) is 0 Å². The third-order valence-corrected chi connectivity index (χ3v) is 13.2. The molecule has 0 N–H and O–H groups in total. The van der Waals surface area contributed by atoms with E-state index in [4.69, 9.17) is 4.42 Å². The van der Waals surface area contributed by atoms with E-state index in [2.05, 4.69) is 220 Å². The Morgan fingerprint density at radius 2 is 0.903 bits per heavy atom. The quantitative estimate of drug-likeness (QED) is 0.162. The van der Waals surface area contributed by atoms with Crippen molar-refractivity contribution < 1.29 is 4.42 Å². The molecule has 0 bridgehead atoms. The highest BCUT2D eigenvalue weighted by Crippen LogP contribution is 2.47. The minimum atomic E-state index is 0.862. The maximum atomic E-state index is 6.52. The van der Waals surface area contributed by atoms with E-state index in [1.165, 1.54) is 76.6 Å². The normalized spacial score (nSPS) is 12.2. The van der Waals surface area contributed by atoms with Crippen molar-refractivity contribution in [3.05, 3.63) is 212 Å². The molecule has 0 aliphatic heterocycles. The number of rotatable bonds is 5. The highest BCUT2D eigenvalue weighted by molar-refractivity contribution is 6.25. The van der Waals surface area contributed by atoms with Gasteiger partial charge in [-0.1, -0.05) is 152 Å². The van der Waals surface area contributed by atoms with Gasteiger partial charge in [0, 0.05) is 38.3 Å². The van der Waals surface area contributed by atoms with Gasteiger partial charge in [0.15, 0.2) is 0 Å². The van der Waals surface area contributed by atoms with Crippen molar-refractivity contribution in [2.45, 2.75) is 0 Å². The fourth-order valence-corrected chi connectivity index (χ4v) is 10.6. The molecule has 0 spiro atoms. The number of para-hydroxylation sites is 3. The van der Waals surface area contributed by atoms with Crippen LogP contribution in [0, 0.1) is 0 Å². The second kappa shape index (κ2) is 12.6. The second-order valence-corrected chi connectivity index (χ2v) is 16.4. The predicted octanol–water partition coefficient (Wildman–Crippen LogP) is 16.1. The lowest BCUT2D eigenvalue weighted by atomic mass is 9.91. The molecule has 288 valence electrons. The average Bonchev–Trinajstić information content (AvgIpc) is 4.00. The van der Waals surface area contributed by atoms with Crippen molar-refractivity contribution in [3.8, 4) is 22.3 Å². The fraction of sp³-hybridized carbons (Fsp3) is 0. The van der Waals surface area contributed by atoms with Crippen LogP contribution in [0.5, 0.6) is 0 Å². The van der Waals surface area contributed by atoms with Crippen LogP contribution in [0.3, 0.4) is 0 Å². The topological polar surface area (TPSA) is 25.2 Å². The third kappa shape index (κ3) is 4.55. The van der Waals surface area contributed by atoms with Crippen molar-refractivity contribution in [2.75, 3.05) is 4.90 Å². The Labute approximate surface area is 355 Å². The molecule has 4 heteroatoms. The summed E-state index contributed by atoms with van der Waals surface area (Å²) in [5.41, 5.74) is 17.0. The fourth-order valence-electron chi connectivity index (χ4n) is 10.6. The summed E-state index contributed by atoms with van der Waals surface area (Å²) in [7, 11) is 0. The number of furan rings is 1. The maximum absolute atomic E-state index is 6.52. The van der Waals surface area contributed by atoms with Crippen LogP contribution >= 0.6 is 0 Å². The van der Waals surface area contributed by atoms with Gasteiger partial charge in [0.05, 0.1) is 44.2 Å². The molecule has 0 saturated heterocycles. The number of hydrogen-bond donors (Lipinski definition) is 0. The summed E-state index contributed by atoms with van der Waals surface area (Å²) in [6, 6.07) is 77.2. The molecule has 4 aromatic heterocycles. The van der Waals surface area contributed by atoms with E-state index in [1.54, 1.807) is 0 Å². The molecule has 0 aliphatic carbocycles. The predicted molar refractivity (Wildman–Crippen MR) is 260 cm³/mol. The Bertz CT molecular complexity index is 4090. The molecular formula is C58H35N3O. The Hall–Kier alpha value is -8.34. The van der Waals surface area contributed by atoms with Gasteiger partial charge in [-0.2, -0.15) is 0 Å². The molecule has 62 heavy (non-hydrogen) atoms. The van der Waals surface area contributed by atoms with Gasteiger partial charge in [0.25, 0.3) is 0 Å². The SMILES string of the molecule is c1ccc(-c2cccc3cccc(-c4ccc(N(c5ccc6c(c5)n5c7ccccc7c7ccc8c9ccccc9n6c8c75)c5cccc6oc7ccccc7c56)cc4)c23)cc1. The van der Waals surface area contributed by atoms with Crippen LogP contribution < -0.4 is 4.90 Å². The van der Waals surface area contributed by atoms with E-state index < -0.39 is 0 Å². The molecule has 14 aromatic rings. The average molecular weight is 790 g/mol. The molecule has 4 heterocycles. The van der Waals surface area contributed by atoms with Crippen molar-refractivity contribution in [1.82, 2.24) is 8.80 Å². The summed E-state index contributed by atoms with van der Waals surface area (Å²) in [5.74, 6) is 0. The molecular weight excluding hydrogens is 755 g/mol. The molecule has 10 aromatic carbocycles. The van der Waals surface area contributed by atoms with Gasteiger partial charge in [0.1, 0.15) is 11.2 Å². The van der Waals surface area contributed by atoms with E-state index >= 15 is 0 Å². The number of aromatic nitrogens is 2. The lowest BCUT2D eigenvalue weighted by Gasteiger charge is -2.27. The Morgan fingerprint density at radius 3 is 1.61 bits per heavy atom. The van der Waals surface area contributed by atoms with Gasteiger partial charge < -0.3 is 18.1 Å². The number of anilines is 3. The summed E-state index contributed by atoms with van der Waals surface area (Å²) < 4.78 is 11.5. The first-order valence-electron chi connectivity index (χ1n) is 21.3. The molecule has 0 unspecified atom stereocenters. The van der Waals surface area contributed by atoms with Gasteiger partial charge in [0.2, 0.25) is 0 Å². The second-order valence-electron chi connectivity index (χ2n) is 16.4. The first-order valence-corrected chi connectivity index (χ1v) is 21.3. The monoisotopic (exact) mass is 789 g/mol. The summed E-state index contributed by atoms with van der Waals surface area (Å²) >= 11 is 0. The van der Waals surface area contributed by atoms with Gasteiger partial charge >= 0.3 is 0 Å². The lowest BCUT2D eigenvalue weighted by molar-refractivity contribution is 0.669. The number of fused-ring (bicyclic) bond motifs is 13. The summed E-state index contributed by atoms with van der Waals surface area (Å²) in [4.78, 5) is 2.42. The molecule has 0 fully saturated rings.